The van der Waals surface area contributed by atoms with Crippen molar-refractivity contribution >= 4 is 11.9 Å². The Kier molecular flexibility index (Phi) is 7.76. The molecule has 0 saturated carbocycles. The average Bonchev–Trinajstić information content (AvgIpc) is 3.14. The molecule has 0 spiro atoms. The molecule has 2 heterocycles. The maximum atomic E-state index is 12.7. The van der Waals surface area contributed by atoms with Gasteiger partial charge in [0.05, 0.1) is 25.3 Å². The van der Waals surface area contributed by atoms with Gasteiger partial charge in [-0.1, -0.05) is 0 Å². The Morgan fingerprint density at radius 1 is 1.09 bits per heavy atom. The zero-order valence-electron chi connectivity index (χ0n) is 18.9. The van der Waals surface area contributed by atoms with Crippen molar-refractivity contribution < 1.29 is 33.3 Å². The van der Waals surface area contributed by atoms with Crippen molar-refractivity contribution in [3.63, 3.8) is 0 Å². The largest absolute Gasteiger partial charge is 0.493 e. The number of aliphatic hydroxyl groups is 1. The van der Waals surface area contributed by atoms with Crippen LogP contribution < -0.4 is 9.47 Å². The molecule has 174 valence electrons. The predicted octanol–water partition coefficient (Wildman–Crippen LogP) is 1.89. The Bertz CT molecular complexity index is 948. The molecule has 1 fully saturated rings. The number of nitrogens with zero attached hydrogens (tertiary/aromatic N) is 2. The van der Waals surface area contributed by atoms with Crippen molar-refractivity contribution in [2.24, 2.45) is 0 Å². The van der Waals surface area contributed by atoms with E-state index >= 15 is 0 Å². The summed E-state index contributed by atoms with van der Waals surface area (Å²) in [7, 11) is 2.79. The molecule has 32 heavy (non-hydrogen) atoms. The van der Waals surface area contributed by atoms with E-state index in [2.05, 4.69) is 4.90 Å². The SMILES string of the molecule is COC(=O)c1ccc(OCC(O)CN2CCN(C(=O)c3cc(C)oc3C)CC2)c(OC)c1. The number of amides is 1. The summed E-state index contributed by atoms with van der Waals surface area (Å²) in [6.45, 7) is 6.61. The highest BCUT2D eigenvalue weighted by Crippen LogP contribution is 2.28. The summed E-state index contributed by atoms with van der Waals surface area (Å²) in [6.07, 6.45) is -0.721. The van der Waals surface area contributed by atoms with Gasteiger partial charge in [0.25, 0.3) is 5.91 Å². The standard InChI is InChI=1S/C23H30N2O7/c1-15-11-19(16(2)32-15)22(27)25-9-7-24(8-10-25)13-18(26)14-31-20-6-5-17(23(28)30-4)12-21(20)29-3/h5-6,11-12,18,26H,7-10,13-14H2,1-4H3. The summed E-state index contributed by atoms with van der Waals surface area (Å²) < 4.78 is 21.1. The molecule has 2 aromatic rings. The van der Waals surface area contributed by atoms with E-state index in [9.17, 15) is 14.7 Å². The lowest BCUT2D eigenvalue weighted by molar-refractivity contribution is 0.0398. The quantitative estimate of drug-likeness (QED) is 0.614. The molecule has 1 saturated heterocycles. The van der Waals surface area contributed by atoms with Crippen LogP contribution in [0.3, 0.4) is 0 Å². The van der Waals surface area contributed by atoms with Crippen LogP contribution in [0.5, 0.6) is 11.5 Å². The van der Waals surface area contributed by atoms with Crippen LogP contribution in [0.25, 0.3) is 0 Å². The van der Waals surface area contributed by atoms with Crippen molar-refractivity contribution in [3.05, 3.63) is 46.9 Å². The Balaban J connectivity index is 1.47. The van der Waals surface area contributed by atoms with Gasteiger partial charge in [0, 0.05) is 32.7 Å². The zero-order chi connectivity index (χ0) is 23.3. The lowest BCUT2D eigenvalue weighted by Crippen LogP contribution is -2.51. The maximum absolute atomic E-state index is 12.7. The number of carbonyl (C=O) groups excluding carboxylic acids is 2. The molecule has 1 aromatic heterocycles. The van der Waals surface area contributed by atoms with Gasteiger partial charge in [-0.15, -0.1) is 0 Å². The summed E-state index contributed by atoms with van der Waals surface area (Å²) in [5.74, 6) is 1.69. The van der Waals surface area contributed by atoms with Crippen molar-refractivity contribution in [3.8, 4) is 11.5 Å². The zero-order valence-corrected chi connectivity index (χ0v) is 18.9. The number of benzene rings is 1. The van der Waals surface area contributed by atoms with Gasteiger partial charge < -0.3 is 28.6 Å². The van der Waals surface area contributed by atoms with E-state index in [1.54, 1.807) is 25.1 Å². The van der Waals surface area contributed by atoms with E-state index in [1.807, 2.05) is 11.8 Å². The summed E-state index contributed by atoms with van der Waals surface area (Å²) in [5, 5.41) is 10.4. The van der Waals surface area contributed by atoms with Crippen molar-refractivity contribution in [1.82, 2.24) is 9.80 Å². The monoisotopic (exact) mass is 446 g/mol. The Morgan fingerprint density at radius 3 is 2.41 bits per heavy atom. The fourth-order valence-corrected chi connectivity index (χ4v) is 3.72. The first kappa shape index (κ1) is 23.6. The number of methoxy groups -OCH3 is 2. The molecule has 0 radical (unpaired) electrons. The number of carbonyl (C=O) groups is 2. The normalized spacial score (nSPS) is 15.3. The number of piperazine rings is 1. The lowest BCUT2D eigenvalue weighted by Gasteiger charge is -2.35. The van der Waals surface area contributed by atoms with Crippen LogP contribution in [0.2, 0.25) is 0 Å². The maximum Gasteiger partial charge on any atom is 0.337 e. The number of hydrogen-bond acceptors (Lipinski definition) is 8. The van der Waals surface area contributed by atoms with Crippen LogP contribution in [-0.4, -0.2) is 86.4 Å². The molecule has 9 heteroatoms. The molecule has 9 nitrogen and oxygen atoms in total. The highest BCUT2D eigenvalue weighted by Gasteiger charge is 2.26. The van der Waals surface area contributed by atoms with Crippen LogP contribution in [0.15, 0.2) is 28.7 Å². The fraction of sp³-hybridized carbons (Fsp3) is 0.478. The minimum absolute atomic E-state index is 0.0228. The number of rotatable bonds is 8. The summed E-state index contributed by atoms with van der Waals surface area (Å²) in [6, 6.07) is 6.50. The van der Waals surface area contributed by atoms with E-state index in [0.717, 1.165) is 5.76 Å². The summed E-state index contributed by atoms with van der Waals surface area (Å²) in [4.78, 5) is 28.3. The first-order chi connectivity index (χ1) is 15.3. The van der Waals surface area contributed by atoms with Crippen molar-refractivity contribution in [1.29, 1.82) is 0 Å². The fourth-order valence-electron chi connectivity index (χ4n) is 3.72. The van der Waals surface area contributed by atoms with Gasteiger partial charge in [-0.2, -0.15) is 0 Å². The van der Waals surface area contributed by atoms with E-state index in [1.165, 1.54) is 20.3 Å². The number of hydrogen-bond donors (Lipinski definition) is 1. The number of furan rings is 1. The summed E-state index contributed by atoms with van der Waals surface area (Å²) >= 11 is 0. The molecular weight excluding hydrogens is 416 g/mol. The molecule has 1 aromatic carbocycles. The third-order valence-electron chi connectivity index (χ3n) is 5.42. The van der Waals surface area contributed by atoms with Gasteiger partial charge in [0.1, 0.15) is 24.2 Å². The first-order valence-electron chi connectivity index (χ1n) is 10.5. The molecular formula is C23H30N2O7. The second-order valence-corrected chi connectivity index (χ2v) is 7.74. The van der Waals surface area contributed by atoms with Gasteiger partial charge in [0.15, 0.2) is 11.5 Å². The second kappa shape index (κ2) is 10.5. The van der Waals surface area contributed by atoms with Gasteiger partial charge in [-0.25, -0.2) is 4.79 Å². The highest BCUT2D eigenvalue weighted by molar-refractivity contribution is 5.95. The van der Waals surface area contributed by atoms with Gasteiger partial charge in [-0.3, -0.25) is 9.69 Å². The average molecular weight is 447 g/mol. The number of ether oxygens (including phenoxy) is 3. The molecule has 1 amide bonds. The van der Waals surface area contributed by atoms with Gasteiger partial charge in [-0.05, 0) is 38.1 Å². The smallest absolute Gasteiger partial charge is 0.337 e. The minimum Gasteiger partial charge on any atom is -0.493 e. The Hall–Kier alpha value is -3.04. The topological polar surface area (TPSA) is 102 Å². The number of esters is 1. The van der Waals surface area contributed by atoms with Crippen LogP contribution in [0.4, 0.5) is 0 Å². The molecule has 0 aliphatic carbocycles. The van der Waals surface area contributed by atoms with Crippen LogP contribution in [-0.2, 0) is 4.74 Å². The predicted molar refractivity (Wildman–Crippen MR) is 116 cm³/mol. The lowest BCUT2D eigenvalue weighted by atomic mass is 10.2. The van der Waals surface area contributed by atoms with Gasteiger partial charge >= 0.3 is 5.97 Å². The van der Waals surface area contributed by atoms with Crippen LogP contribution >= 0.6 is 0 Å². The number of β-amino-alcohol motifs (C(OH)–C–C–N with tert-alkyl or cyclic N) is 1. The Morgan fingerprint density at radius 2 is 1.81 bits per heavy atom. The molecule has 1 unspecified atom stereocenters. The van der Waals surface area contributed by atoms with Crippen molar-refractivity contribution in [2.45, 2.75) is 20.0 Å². The van der Waals surface area contributed by atoms with E-state index in [0.29, 0.717) is 61.1 Å². The first-order valence-corrected chi connectivity index (χ1v) is 10.5. The van der Waals surface area contributed by atoms with E-state index in [4.69, 9.17) is 18.6 Å². The summed E-state index contributed by atoms with van der Waals surface area (Å²) in [5.41, 5.74) is 0.960. The number of aliphatic hydroxyl groups excluding tert-OH is 1. The Labute approximate surface area is 187 Å². The molecule has 0 bridgehead atoms. The molecule has 1 aliphatic rings. The molecule has 1 N–H and O–H groups in total. The number of aryl methyl sites for hydroxylation is 2. The minimum atomic E-state index is -0.721. The second-order valence-electron chi connectivity index (χ2n) is 7.74. The van der Waals surface area contributed by atoms with E-state index in [-0.39, 0.29) is 12.5 Å². The third kappa shape index (κ3) is 5.60. The highest BCUT2D eigenvalue weighted by atomic mass is 16.5. The molecule has 1 aliphatic heterocycles. The molecule has 3 rings (SSSR count). The third-order valence-corrected chi connectivity index (χ3v) is 5.42. The molecule has 1 atom stereocenters. The van der Waals surface area contributed by atoms with Crippen LogP contribution in [0, 0.1) is 13.8 Å². The van der Waals surface area contributed by atoms with Gasteiger partial charge in [0.2, 0.25) is 0 Å². The van der Waals surface area contributed by atoms with Crippen LogP contribution in [0.1, 0.15) is 32.2 Å². The van der Waals surface area contributed by atoms with E-state index < -0.39 is 12.1 Å². The van der Waals surface area contributed by atoms with Crippen molar-refractivity contribution in [2.75, 3.05) is 53.6 Å².